The molecule has 1 rings (SSSR count). The van der Waals surface area contributed by atoms with E-state index in [9.17, 15) is 4.79 Å². The van der Waals surface area contributed by atoms with E-state index in [0.717, 1.165) is 25.8 Å². The number of carbonyl (C=O) groups excluding carboxylic acids is 1. The highest BCUT2D eigenvalue weighted by atomic mass is 16.2. The molecule has 1 heterocycles. The van der Waals surface area contributed by atoms with Crippen LogP contribution >= 0.6 is 0 Å². The van der Waals surface area contributed by atoms with E-state index in [-0.39, 0.29) is 5.91 Å². The topological polar surface area (TPSA) is 46.3 Å². The third-order valence-electron chi connectivity index (χ3n) is 3.32. The Bertz CT molecular complexity index is 190. The largest absolute Gasteiger partial charge is 0.340 e. The molecule has 3 heteroatoms. The van der Waals surface area contributed by atoms with Crippen LogP contribution in [0.15, 0.2) is 0 Å². The van der Waals surface area contributed by atoms with Gasteiger partial charge in [0.2, 0.25) is 5.91 Å². The van der Waals surface area contributed by atoms with Crippen LogP contribution in [0.25, 0.3) is 0 Å². The van der Waals surface area contributed by atoms with E-state index < -0.39 is 0 Å². The van der Waals surface area contributed by atoms with Gasteiger partial charge >= 0.3 is 0 Å². The SMILES string of the molecule is CCC(CN)C1CCCCN1C(C)=O. The third kappa shape index (κ3) is 2.47. The summed E-state index contributed by atoms with van der Waals surface area (Å²) in [4.78, 5) is 13.4. The van der Waals surface area contributed by atoms with Crippen LogP contribution in [0, 0.1) is 5.92 Å². The second-order valence-corrected chi connectivity index (χ2v) is 4.18. The third-order valence-corrected chi connectivity index (χ3v) is 3.32. The van der Waals surface area contributed by atoms with Crippen molar-refractivity contribution in [1.29, 1.82) is 0 Å². The number of likely N-dealkylation sites (tertiary alicyclic amines) is 1. The van der Waals surface area contributed by atoms with Crippen LogP contribution in [0.3, 0.4) is 0 Å². The lowest BCUT2D eigenvalue weighted by Gasteiger charge is -2.39. The summed E-state index contributed by atoms with van der Waals surface area (Å²) in [6.45, 7) is 5.45. The minimum absolute atomic E-state index is 0.210. The van der Waals surface area contributed by atoms with Crippen molar-refractivity contribution in [3.05, 3.63) is 0 Å². The van der Waals surface area contributed by atoms with Crippen molar-refractivity contribution in [2.45, 2.75) is 45.6 Å². The molecule has 1 aliphatic rings. The Hall–Kier alpha value is -0.570. The number of hydrogen-bond donors (Lipinski definition) is 1. The molecule has 0 saturated carbocycles. The van der Waals surface area contributed by atoms with Gasteiger partial charge in [0.25, 0.3) is 0 Å². The van der Waals surface area contributed by atoms with Crippen molar-refractivity contribution in [2.75, 3.05) is 13.1 Å². The normalized spacial score (nSPS) is 24.8. The summed E-state index contributed by atoms with van der Waals surface area (Å²) in [6.07, 6.45) is 4.60. The zero-order chi connectivity index (χ0) is 10.6. The Kier molecular flexibility index (Phi) is 4.39. The summed E-state index contributed by atoms with van der Waals surface area (Å²) >= 11 is 0. The van der Waals surface area contributed by atoms with Crippen molar-refractivity contribution >= 4 is 5.91 Å². The molecule has 0 aliphatic carbocycles. The molecule has 0 radical (unpaired) electrons. The van der Waals surface area contributed by atoms with E-state index in [1.165, 1.54) is 6.42 Å². The smallest absolute Gasteiger partial charge is 0.219 e. The van der Waals surface area contributed by atoms with E-state index in [0.29, 0.717) is 18.5 Å². The average Bonchev–Trinajstić information content (AvgIpc) is 2.20. The quantitative estimate of drug-likeness (QED) is 0.744. The summed E-state index contributed by atoms with van der Waals surface area (Å²) in [5.74, 6) is 0.695. The van der Waals surface area contributed by atoms with Crippen LogP contribution in [0.1, 0.15) is 39.5 Å². The molecule has 1 saturated heterocycles. The van der Waals surface area contributed by atoms with Crippen LogP contribution in [0.2, 0.25) is 0 Å². The maximum absolute atomic E-state index is 11.4. The highest BCUT2D eigenvalue weighted by Gasteiger charge is 2.29. The van der Waals surface area contributed by atoms with Crippen molar-refractivity contribution in [3.8, 4) is 0 Å². The molecule has 0 aromatic carbocycles. The Morgan fingerprint density at radius 3 is 2.79 bits per heavy atom. The molecular formula is C11H22N2O. The molecule has 0 bridgehead atoms. The summed E-state index contributed by atoms with van der Waals surface area (Å²) in [7, 11) is 0. The first-order valence-electron chi connectivity index (χ1n) is 5.68. The Morgan fingerprint density at radius 1 is 1.57 bits per heavy atom. The van der Waals surface area contributed by atoms with Crippen LogP contribution < -0.4 is 5.73 Å². The van der Waals surface area contributed by atoms with Gasteiger partial charge in [0.05, 0.1) is 0 Å². The first-order valence-corrected chi connectivity index (χ1v) is 5.68. The van der Waals surface area contributed by atoms with E-state index >= 15 is 0 Å². The van der Waals surface area contributed by atoms with Crippen LogP contribution in [-0.4, -0.2) is 29.9 Å². The van der Waals surface area contributed by atoms with Gasteiger partial charge in [0.1, 0.15) is 0 Å². The van der Waals surface area contributed by atoms with Crippen LogP contribution in [0.5, 0.6) is 0 Å². The standard InChI is InChI=1S/C11H22N2O/c1-3-10(8-12)11-6-4-5-7-13(11)9(2)14/h10-11H,3-8,12H2,1-2H3. The lowest BCUT2D eigenvalue weighted by Crippen LogP contribution is -2.48. The van der Waals surface area contributed by atoms with Gasteiger partial charge in [-0.05, 0) is 31.7 Å². The first kappa shape index (κ1) is 11.5. The predicted molar refractivity (Wildman–Crippen MR) is 57.9 cm³/mol. The molecule has 2 N–H and O–H groups in total. The number of piperidine rings is 1. The predicted octanol–water partition coefficient (Wildman–Crippen LogP) is 1.37. The molecule has 1 amide bonds. The molecular weight excluding hydrogens is 176 g/mol. The van der Waals surface area contributed by atoms with Gasteiger partial charge in [0.15, 0.2) is 0 Å². The van der Waals surface area contributed by atoms with Crippen molar-refractivity contribution in [3.63, 3.8) is 0 Å². The molecule has 3 nitrogen and oxygen atoms in total. The van der Waals surface area contributed by atoms with Crippen LogP contribution in [-0.2, 0) is 4.79 Å². The minimum atomic E-state index is 0.210. The fourth-order valence-electron chi connectivity index (χ4n) is 2.43. The Morgan fingerprint density at radius 2 is 2.29 bits per heavy atom. The van der Waals surface area contributed by atoms with Crippen molar-refractivity contribution in [2.24, 2.45) is 11.7 Å². The van der Waals surface area contributed by atoms with Crippen LogP contribution in [0.4, 0.5) is 0 Å². The monoisotopic (exact) mass is 198 g/mol. The summed E-state index contributed by atoms with van der Waals surface area (Å²) < 4.78 is 0. The van der Waals surface area contributed by atoms with Gasteiger partial charge < -0.3 is 10.6 Å². The van der Waals surface area contributed by atoms with E-state index in [4.69, 9.17) is 5.73 Å². The van der Waals surface area contributed by atoms with Gasteiger partial charge in [0, 0.05) is 19.5 Å². The number of nitrogens with two attached hydrogens (primary N) is 1. The Labute approximate surface area is 86.6 Å². The van der Waals surface area contributed by atoms with Gasteiger partial charge in [-0.2, -0.15) is 0 Å². The fraction of sp³-hybridized carbons (Fsp3) is 0.909. The molecule has 2 atom stereocenters. The van der Waals surface area contributed by atoms with Crippen molar-refractivity contribution in [1.82, 2.24) is 4.90 Å². The lowest BCUT2D eigenvalue weighted by atomic mass is 9.88. The molecule has 2 unspecified atom stereocenters. The molecule has 1 fully saturated rings. The maximum Gasteiger partial charge on any atom is 0.219 e. The summed E-state index contributed by atoms with van der Waals surface area (Å²) in [5.41, 5.74) is 5.74. The summed E-state index contributed by atoms with van der Waals surface area (Å²) in [5, 5.41) is 0. The fourth-order valence-corrected chi connectivity index (χ4v) is 2.43. The van der Waals surface area contributed by atoms with Gasteiger partial charge in [-0.1, -0.05) is 13.3 Å². The van der Waals surface area contributed by atoms with Gasteiger partial charge in [-0.25, -0.2) is 0 Å². The number of amides is 1. The number of nitrogens with zero attached hydrogens (tertiary/aromatic N) is 1. The lowest BCUT2D eigenvalue weighted by molar-refractivity contribution is -0.133. The van der Waals surface area contributed by atoms with E-state index in [1.807, 2.05) is 4.90 Å². The first-order chi connectivity index (χ1) is 6.70. The number of carbonyl (C=O) groups is 1. The number of rotatable bonds is 3. The van der Waals surface area contributed by atoms with Gasteiger partial charge in [-0.15, -0.1) is 0 Å². The van der Waals surface area contributed by atoms with E-state index in [1.54, 1.807) is 6.92 Å². The summed E-state index contributed by atoms with van der Waals surface area (Å²) in [6, 6.07) is 0.399. The second-order valence-electron chi connectivity index (χ2n) is 4.18. The second kappa shape index (κ2) is 5.35. The van der Waals surface area contributed by atoms with Gasteiger partial charge in [-0.3, -0.25) is 4.79 Å². The highest BCUT2D eigenvalue weighted by Crippen LogP contribution is 2.24. The molecule has 82 valence electrons. The molecule has 0 aromatic rings. The van der Waals surface area contributed by atoms with Crippen molar-refractivity contribution < 1.29 is 4.79 Å². The highest BCUT2D eigenvalue weighted by molar-refractivity contribution is 5.73. The minimum Gasteiger partial charge on any atom is -0.340 e. The molecule has 0 spiro atoms. The molecule has 14 heavy (non-hydrogen) atoms. The zero-order valence-corrected chi connectivity index (χ0v) is 9.33. The zero-order valence-electron chi connectivity index (χ0n) is 9.33. The average molecular weight is 198 g/mol. The Balaban J connectivity index is 2.65. The molecule has 1 aliphatic heterocycles. The van der Waals surface area contributed by atoms with E-state index in [2.05, 4.69) is 6.92 Å². The number of hydrogen-bond acceptors (Lipinski definition) is 2. The maximum atomic E-state index is 11.4. The molecule has 0 aromatic heterocycles.